The van der Waals surface area contributed by atoms with E-state index in [-0.39, 0.29) is 21.5 Å². The molecule has 0 saturated carbocycles. The summed E-state index contributed by atoms with van der Waals surface area (Å²) in [4.78, 5) is 1.87. The van der Waals surface area contributed by atoms with Gasteiger partial charge in [0.25, 0.3) is 10.0 Å². The molecule has 7 nitrogen and oxygen atoms in total. The predicted molar refractivity (Wildman–Crippen MR) is 109 cm³/mol. The lowest BCUT2D eigenvalue weighted by molar-refractivity contribution is 0.270. The lowest BCUT2D eigenvalue weighted by atomic mass is 10.2. The first-order valence-electron chi connectivity index (χ1n) is 8.09. The fraction of sp³-hybridized carbons (Fsp3) is 0.0526. The van der Waals surface area contributed by atoms with E-state index >= 15 is 0 Å². The first-order chi connectivity index (χ1) is 13.9. The average molecular weight is 450 g/mol. The number of nitrogens with one attached hydrogen (secondary N) is 1. The molecule has 148 valence electrons. The van der Waals surface area contributed by atoms with Crippen LogP contribution < -0.4 is 9.57 Å². The topological polar surface area (TPSA) is 105 Å². The summed E-state index contributed by atoms with van der Waals surface area (Å²) in [5.74, 6) is 1.42. The van der Waals surface area contributed by atoms with Crippen LogP contribution in [0.4, 0.5) is 0 Å². The monoisotopic (exact) mass is 449 g/mol. The van der Waals surface area contributed by atoms with Gasteiger partial charge in [-0.2, -0.15) is 23.6 Å². The van der Waals surface area contributed by atoms with E-state index in [0.717, 1.165) is 0 Å². The molecule has 1 aromatic heterocycles. The molecule has 0 bridgehead atoms. The Hall–Kier alpha value is -2.99. The molecule has 10 heteroatoms. The fourth-order valence-corrected chi connectivity index (χ4v) is 3.77. The molecule has 0 saturated heterocycles. The maximum Gasteiger partial charge on any atom is 0.278 e. The third kappa shape index (κ3) is 5.51. The third-order valence-electron chi connectivity index (χ3n) is 3.59. The second kappa shape index (κ2) is 9.01. The van der Waals surface area contributed by atoms with Crippen molar-refractivity contribution in [3.63, 3.8) is 0 Å². The SMILES string of the molecule is N#Cc1ccc(OCc2ccc(C=NNS(=O)(=O)c3cc(Cl)ccc3Cl)o2)cc1. The number of rotatable bonds is 7. The van der Waals surface area contributed by atoms with Gasteiger partial charge in [-0.15, -0.1) is 0 Å². The summed E-state index contributed by atoms with van der Waals surface area (Å²) < 4.78 is 35.6. The van der Waals surface area contributed by atoms with Crippen LogP contribution in [0.15, 0.2) is 69.0 Å². The number of ether oxygens (including phenoxy) is 1. The summed E-state index contributed by atoms with van der Waals surface area (Å²) in [6.45, 7) is 0.156. The Bertz CT molecular complexity index is 1180. The van der Waals surface area contributed by atoms with Gasteiger partial charge >= 0.3 is 0 Å². The summed E-state index contributed by atoms with van der Waals surface area (Å²) >= 11 is 11.7. The lowest BCUT2D eigenvalue weighted by Gasteiger charge is -2.05. The maximum absolute atomic E-state index is 12.3. The van der Waals surface area contributed by atoms with E-state index < -0.39 is 10.0 Å². The Morgan fingerprint density at radius 2 is 1.90 bits per heavy atom. The smallest absolute Gasteiger partial charge is 0.278 e. The molecule has 0 spiro atoms. The number of nitriles is 1. The molecule has 29 heavy (non-hydrogen) atoms. The van der Waals surface area contributed by atoms with Crippen LogP contribution in [0.1, 0.15) is 17.1 Å². The van der Waals surface area contributed by atoms with Gasteiger partial charge in [-0.05, 0) is 54.6 Å². The van der Waals surface area contributed by atoms with Gasteiger partial charge in [0.2, 0.25) is 0 Å². The minimum atomic E-state index is -3.98. The van der Waals surface area contributed by atoms with Crippen molar-refractivity contribution in [3.8, 4) is 11.8 Å². The largest absolute Gasteiger partial charge is 0.486 e. The molecule has 0 unspecified atom stereocenters. The van der Waals surface area contributed by atoms with Crippen LogP contribution in [0.25, 0.3) is 0 Å². The van der Waals surface area contributed by atoms with Crippen molar-refractivity contribution in [2.45, 2.75) is 11.5 Å². The van der Waals surface area contributed by atoms with E-state index in [0.29, 0.717) is 22.8 Å². The number of hydrogen-bond acceptors (Lipinski definition) is 6. The van der Waals surface area contributed by atoms with Gasteiger partial charge in [0.05, 0.1) is 22.9 Å². The van der Waals surface area contributed by atoms with Gasteiger partial charge in [0, 0.05) is 5.02 Å². The van der Waals surface area contributed by atoms with Crippen LogP contribution in [-0.4, -0.2) is 14.6 Å². The molecule has 3 aromatic rings. The molecular formula is C19H13Cl2N3O4S. The van der Waals surface area contributed by atoms with Crippen LogP contribution in [-0.2, 0) is 16.6 Å². The van der Waals surface area contributed by atoms with E-state index in [1.165, 1.54) is 24.4 Å². The quantitative estimate of drug-likeness (QED) is 0.426. The third-order valence-corrected chi connectivity index (χ3v) is 5.53. The lowest BCUT2D eigenvalue weighted by Crippen LogP contribution is -2.18. The molecule has 1 N–H and O–H groups in total. The summed E-state index contributed by atoms with van der Waals surface area (Å²) in [6, 6.07) is 16.1. The summed E-state index contributed by atoms with van der Waals surface area (Å²) in [5.41, 5.74) is 0.537. The normalized spacial score (nSPS) is 11.3. The summed E-state index contributed by atoms with van der Waals surface area (Å²) in [5, 5.41) is 12.7. The van der Waals surface area contributed by atoms with Crippen molar-refractivity contribution in [2.75, 3.05) is 0 Å². The van der Waals surface area contributed by atoms with Crippen LogP contribution in [0.5, 0.6) is 5.75 Å². The summed E-state index contributed by atoms with van der Waals surface area (Å²) in [7, 11) is -3.98. The minimum absolute atomic E-state index is 0.0253. The second-order valence-corrected chi connectivity index (χ2v) is 8.13. The first-order valence-corrected chi connectivity index (χ1v) is 10.3. The zero-order valence-corrected chi connectivity index (χ0v) is 17.0. The molecule has 0 atom stereocenters. The van der Waals surface area contributed by atoms with Crippen molar-refractivity contribution in [1.82, 2.24) is 4.83 Å². The van der Waals surface area contributed by atoms with Crippen LogP contribution in [0.2, 0.25) is 10.0 Å². The predicted octanol–water partition coefficient (Wildman–Crippen LogP) is 4.35. The molecule has 0 aliphatic carbocycles. The maximum atomic E-state index is 12.3. The molecular weight excluding hydrogens is 437 g/mol. The standard InChI is InChI=1S/C19H13Cl2N3O4S/c20-14-3-8-18(21)19(9-14)29(25,26)24-23-11-16-6-7-17(28-16)12-27-15-4-1-13(10-22)2-5-15/h1-9,11,24H,12H2. The number of hydrogen-bond donors (Lipinski definition) is 1. The summed E-state index contributed by atoms with van der Waals surface area (Å²) in [6.07, 6.45) is 1.21. The first kappa shape index (κ1) is 20.7. The van der Waals surface area contributed by atoms with Crippen LogP contribution >= 0.6 is 23.2 Å². The van der Waals surface area contributed by atoms with Crippen LogP contribution in [0, 0.1) is 11.3 Å². The Balaban J connectivity index is 1.60. The Morgan fingerprint density at radius 3 is 2.62 bits per heavy atom. The van der Waals surface area contributed by atoms with Crippen molar-refractivity contribution < 1.29 is 17.6 Å². The van der Waals surface area contributed by atoms with Gasteiger partial charge in [-0.3, -0.25) is 0 Å². The van der Waals surface area contributed by atoms with Gasteiger partial charge in [-0.1, -0.05) is 23.2 Å². The van der Waals surface area contributed by atoms with Crippen molar-refractivity contribution in [3.05, 3.63) is 81.7 Å². The molecule has 0 aliphatic heterocycles. The number of sulfonamides is 1. The Morgan fingerprint density at radius 1 is 1.14 bits per heavy atom. The van der Waals surface area contributed by atoms with Gasteiger partial charge in [0.1, 0.15) is 28.8 Å². The van der Waals surface area contributed by atoms with E-state index in [1.807, 2.05) is 6.07 Å². The van der Waals surface area contributed by atoms with Gasteiger partial charge in [0.15, 0.2) is 0 Å². The highest BCUT2D eigenvalue weighted by molar-refractivity contribution is 7.89. The van der Waals surface area contributed by atoms with E-state index in [2.05, 4.69) is 9.93 Å². The van der Waals surface area contributed by atoms with Gasteiger partial charge in [-0.25, -0.2) is 0 Å². The number of halogens is 2. The zero-order valence-electron chi connectivity index (χ0n) is 14.7. The molecule has 3 rings (SSSR count). The number of furan rings is 1. The highest BCUT2D eigenvalue weighted by atomic mass is 35.5. The minimum Gasteiger partial charge on any atom is -0.486 e. The fourth-order valence-electron chi connectivity index (χ4n) is 2.21. The molecule has 0 fully saturated rings. The highest BCUT2D eigenvalue weighted by Gasteiger charge is 2.17. The van der Waals surface area contributed by atoms with Gasteiger partial charge < -0.3 is 9.15 Å². The Labute approximate surface area is 177 Å². The molecule has 2 aromatic carbocycles. The number of hydrazone groups is 1. The molecule has 0 amide bonds. The molecule has 0 aliphatic rings. The number of nitrogens with zero attached hydrogens (tertiary/aromatic N) is 2. The number of benzene rings is 2. The van der Waals surface area contributed by atoms with Crippen molar-refractivity contribution in [2.24, 2.45) is 5.10 Å². The zero-order chi connectivity index (χ0) is 20.9. The van der Waals surface area contributed by atoms with Crippen molar-refractivity contribution >= 4 is 39.4 Å². The molecule has 0 radical (unpaired) electrons. The second-order valence-electron chi connectivity index (χ2n) is 5.66. The van der Waals surface area contributed by atoms with E-state index in [1.54, 1.807) is 36.4 Å². The Kier molecular flexibility index (Phi) is 6.44. The van der Waals surface area contributed by atoms with E-state index in [9.17, 15) is 8.42 Å². The molecule has 1 heterocycles. The van der Waals surface area contributed by atoms with E-state index in [4.69, 9.17) is 37.6 Å². The highest BCUT2D eigenvalue weighted by Crippen LogP contribution is 2.24. The van der Waals surface area contributed by atoms with Crippen molar-refractivity contribution in [1.29, 1.82) is 5.26 Å². The average Bonchev–Trinajstić information content (AvgIpc) is 3.16. The van der Waals surface area contributed by atoms with Crippen LogP contribution in [0.3, 0.4) is 0 Å².